The van der Waals surface area contributed by atoms with Gasteiger partial charge in [-0.15, -0.1) is 0 Å². The minimum atomic E-state index is -0.110. The van der Waals surface area contributed by atoms with E-state index in [1.165, 1.54) is 0 Å². The molecule has 0 radical (unpaired) electrons. The van der Waals surface area contributed by atoms with Crippen molar-refractivity contribution in [3.8, 4) is 17.2 Å². The van der Waals surface area contributed by atoms with E-state index in [0.717, 1.165) is 17.1 Å². The second kappa shape index (κ2) is 8.45. The Hall–Kier alpha value is -2.40. The summed E-state index contributed by atoms with van der Waals surface area (Å²) in [6.45, 7) is 0. The lowest BCUT2D eigenvalue weighted by Gasteiger charge is -2.11. The van der Waals surface area contributed by atoms with Gasteiger partial charge >= 0.3 is 0 Å². The normalized spacial score (nSPS) is 10.2. The molecule has 0 aromatic heterocycles. The number of nitrogens with one attached hydrogen (secondary N) is 1. The van der Waals surface area contributed by atoms with Crippen molar-refractivity contribution in [3.63, 3.8) is 0 Å². The van der Waals surface area contributed by atoms with Crippen LogP contribution < -0.4 is 19.5 Å². The average Bonchev–Trinajstić information content (AvgIpc) is 2.59. The molecule has 128 valence electrons. The van der Waals surface area contributed by atoms with E-state index >= 15 is 0 Å². The first-order valence-corrected chi connectivity index (χ1v) is 7.79. The van der Waals surface area contributed by atoms with Gasteiger partial charge in [0.15, 0.2) is 0 Å². The summed E-state index contributed by atoms with van der Waals surface area (Å²) in [6, 6.07) is 10.6. The van der Waals surface area contributed by atoms with E-state index in [4.69, 9.17) is 25.8 Å². The molecule has 2 aromatic rings. The Balaban J connectivity index is 1.99. The van der Waals surface area contributed by atoms with E-state index in [1.807, 2.05) is 18.2 Å². The Bertz CT molecular complexity index is 718. The predicted octanol–water partition coefficient (Wildman–Crippen LogP) is 3.94. The largest absolute Gasteiger partial charge is 0.497 e. The molecular weight excluding hydrogens is 330 g/mol. The van der Waals surface area contributed by atoms with Crippen LogP contribution in [0.1, 0.15) is 12.0 Å². The molecule has 0 saturated carbocycles. The van der Waals surface area contributed by atoms with Gasteiger partial charge in [0.05, 0.1) is 26.4 Å². The third-order valence-corrected chi connectivity index (χ3v) is 3.84. The molecule has 0 bridgehead atoms. The summed E-state index contributed by atoms with van der Waals surface area (Å²) in [5.41, 5.74) is 1.54. The second-order valence-corrected chi connectivity index (χ2v) is 5.48. The van der Waals surface area contributed by atoms with Gasteiger partial charge in [0.1, 0.15) is 17.2 Å². The van der Waals surface area contributed by atoms with Crippen molar-refractivity contribution in [2.45, 2.75) is 12.8 Å². The first-order chi connectivity index (χ1) is 11.6. The fraction of sp³-hybridized carbons (Fsp3) is 0.278. The zero-order valence-electron chi connectivity index (χ0n) is 13.9. The van der Waals surface area contributed by atoms with Crippen molar-refractivity contribution >= 4 is 23.2 Å². The summed E-state index contributed by atoms with van der Waals surface area (Å²) in [5, 5.41) is 3.27. The molecule has 0 aliphatic heterocycles. The van der Waals surface area contributed by atoms with E-state index in [-0.39, 0.29) is 5.91 Å². The minimum absolute atomic E-state index is 0.110. The second-order valence-electron chi connectivity index (χ2n) is 5.08. The summed E-state index contributed by atoms with van der Waals surface area (Å²) >= 11 is 6.05. The number of anilines is 1. The first kappa shape index (κ1) is 17.9. The molecule has 0 aliphatic carbocycles. The van der Waals surface area contributed by atoms with Crippen LogP contribution in [0.2, 0.25) is 5.02 Å². The number of methoxy groups -OCH3 is 3. The van der Waals surface area contributed by atoms with Crippen LogP contribution in [0.4, 0.5) is 5.69 Å². The highest BCUT2D eigenvalue weighted by molar-refractivity contribution is 6.32. The fourth-order valence-electron chi connectivity index (χ4n) is 2.29. The number of ether oxygens (including phenoxy) is 3. The molecule has 0 fully saturated rings. The van der Waals surface area contributed by atoms with Crippen molar-refractivity contribution in [1.29, 1.82) is 0 Å². The van der Waals surface area contributed by atoms with Crippen LogP contribution in [0.25, 0.3) is 0 Å². The van der Waals surface area contributed by atoms with Crippen molar-refractivity contribution in [2.75, 3.05) is 26.6 Å². The standard InChI is InChI=1S/C18H20ClNO4/c1-22-14-6-8-16(23-2)12(10-14)4-9-18(21)20-13-5-7-17(24-3)15(19)11-13/h5-8,10-11H,4,9H2,1-3H3,(H,20,21). The summed E-state index contributed by atoms with van der Waals surface area (Å²) in [7, 11) is 4.75. The van der Waals surface area contributed by atoms with Gasteiger partial charge in [0.2, 0.25) is 5.91 Å². The molecule has 0 spiro atoms. The average molecular weight is 350 g/mol. The van der Waals surface area contributed by atoms with Crippen LogP contribution in [0.15, 0.2) is 36.4 Å². The predicted molar refractivity (Wildman–Crippen MR) is 94.5 cm³/mol. The maximum atomic E-state index is 12.1. The molecule has 1 amide bonds. The van der Waals surface area contributed by atoms with E-state index in [1.54, 1.807) is 39.5 Å². The monoisotopic (exact) mass is 349 g/mol. The Morgan fingerprint density at radius 1 is 1.00 bits per heavy atom. The molecule has 6 heteroatoms. The SMILES string of the molecule is COc1ccc(OC)c(CCC(=O)Nc2ccc(OC)c(Cl)c2)c1. The van der Waals surface area contributed by atoms with Gasteiger partial charge in [-0.3, -0.25) is 4.79 Å². The Labute approximate surface area is 146 Å². The van der Waals surface area contributed by atoms with Crippen LogP contribution in [-0.4, -0.2) is 27.2 Å². The van der Waals surface area contributed by atoms with Gasteiger partial charge in [-0.2, -0.15) is 0 Å². The molecule has 0 atom stereocenters. The van der Waals surface area contributed by atoms with E-state index in [2.05, 4.69) is 5.32 Å². The molecule has 1 N–H and O–H groups in total. The quantitative estimate of drug-likeness (QED) is 0.822. The number of halogens is 1. The minimum Gasteiger partial charge on any atom is -0.497 e. The highest BCUT2D eigenvalue weighted by Crippen LogP contribution is 2.28. The van der Waals surface area contributed by atoms with Crippen LogP contribution >= 0.6 is 11.6 Å². The molecule has 2 aromatic carbocycles. The zero-order valence-corrected chi connectivity index (χ0v) is 14.6. The number of carbonyl (C=O) groups excluding carboxylic acids is 1. The molecular formula is C18H20ClNO4. The molecule has 24 heavy (non-hydrogen) atoms. The smallest absolute Gasteiger partial charge is 0.224 e. The molecule has 5 nitrogen and oxygen atoms in total. The van der Waals surface area contributed by atoms with Gasteiger partial charge < -0.3 is 19.5 Å². The van der Waals surface area contributed by atoms with Gasteiger partial charge in [0.25, 0.3) is 0 Å². The molecule has 0 aliphatic rings. The Morgan fingerprint density at radius 2 is 1.71 bits per heavy atom. The van der Waals surface area contributed by atoms with E-state index < -0.39 is 0 Å². The summed E-state index contributed by atoms with van der Waals surface area (Å²) in [6.07, 6.45) is 0.850. The van der Waals surface area contributed by atoms with Gasteiger partial charge in [-0.05, 0) is 48.4 Å². The lowest BCUT2D eigenvalue weighted by atomic mass is 10.1. The Morgan fingerprint density at radius 3 is 2.33 bits per heavy atom. The summed E-state index contributed by atoms with van der Waals surface area (Å²) in [5.74, 6) is 1.92. The van der Waals surface area contributed by atoms with Crippen molar-refractivity contribution in [1.82, 2.24) is 0 Å². The van der Waals surface area contributed by atoms with Gasteiger partial charge in [0, 0.05) is 12.1 Å². The first-order valence-electron chi connectivity index (χ1n) is 7.41. The lowest BCUT2D eigenvalue weighted by molar-refractivity contribution is -0.116. The number of hydrogen-bond donors (Lipinski definition) is 1. The van der Waals surface area contributed by atoms with Gasteiger partial charge in [-0.25, -0.2) is 0 Å². The van der Waals surface area contributed by atoms with Crippen molar-refractivity contribution in [2.24, 2.45) is 0 Å². The third-order valence-electron chi connectivity index (χ3n) is 3.54. The van der Waals surface area contributed by atoms with Crippen LogP contribution in [0.3, 0.4) is 0 Å². The zero-order chi connectivity index (χ0) is 17.5. The van der Waals surface area contributed by atoms with E-state index in [9.17, 15) is 4.79 Å². The number of carbonyl (C=O) groups is 1. The molecule has 0 heterocycles. The van der Waals surface area contributed by atoms with Crippen LogP contribution in [-0.2, 0) is 11.2 Å². The maximum Gasteiger partial charge on any atom is 0.224 e. The fourth-order valence-corrected chi connectivity index (χ4v) is 2.55. The molecule has 0 unspecified atom stereocenters. The van der Waals surface area contributed by atoms with E-state index in [0.29, 0.717) is 29.3 Å². The highest BCUT2D eigenvalue weighted by atomic mass is 35.5. The molecule has 0 saturated heterocycles. The number of benzene rings is 2. The topological polar surface area (TPSA) is 56.8 Å². The maximum absolute atomic E-state index is 12.1. The number of amides is 1. The van der Waals surface area contributed by atoms with Gasteiger partial charge in [-0.1, -0.05) is 11.6 Å². The van der Waals surface area contributed by atoms with Crippen molar-refractivity contribution in [3.05, 3.63) is 47.0 Å². The Kier molecular flexibility index (Phi) is 6.32. The third kappa shape index (κ3) is 4.55. The number of hydrogen-bond acceptors (Lipinski definition) is 4. The highest BCUT2D eigenvalue weighted by Gasteiger charge is 2.10. The lowest BCUT2D eigenvalue weighted by Crippen LogP contribution is -2.12. The number of rotatable bonds is 7. The van der Waals surface area contributed by atoms with Crippen LogP contribution in [0.5, 0.6) is 17.2 Å². The number of aryl methyl sites for hydroxylation is 1. The van der Waals surface area contributed by atoms with Crippen LogP contribution in [0, 0.1) is 0 Å². The summed E-state index contributed by atoms with van der Waals surface area (Å²) < 4.78 is 15.6. The van der Waals surface area contributed by atoms with Crippen molar-refractivity contribution < 1.29 is 19.0 Å². The summed E-state index contributed by atoms with van der Waals surface area (Å²) in [4.78, 5) is 12.1. The molecule has 2 rings (SSSR count).